The van der Waals surface area contributed by atoms with Crippen molar-refractivity contribution in [2.24, 2.45) is 0 Å². The summed E-state index contributed by atoms with van der Waals surface area (Å²) >= 11 is 0. The van der Waals surface area contributed by atoms with Crippen LogP contribution in [0.25, 0.3) is 0 Å². The molecule has 0 radical (unpaired) electrons. The van der Waals surface area contributed by atoms with E-state index in [9.17, 15) is 13.2 Å². The zero-order chi connectivity index (χ0) is 8.20. The molecule has 0 aromatic rings. The molecule has 1 unspecified atom stereocenters. The van der Waals surface area contributed by atoms with Crippen molar-refractivity contribution in [3.05, 3.63) is 0 Å². The van der Waals surface area contributed by atoms with Crippen LogP contribution in [0.1, 0.15) is 6.42 Å². The minimum Gasteiger partial charge on any atom is -0.306 e. The Kier molecular flexibility index (Phi) is 3.23. The van der Waals surface area contributed by atoms with E-state index < -0.39 is 18.6 Å². The van der Waals surface area contributed by atoms with Crippen LogP contribution in [0.3, 0.4) is 0 Å². The molecule has 0 spiro atoms. The Labute approximate surface area is 57.6 Å². The SMILES string of the molecule is C#CC(CC(F)(F)F)NC. The van der Waals surface area contributed by atoms with Crippen molar-refractivity contribution in [2.75, 3.05) is 7.05 Å². The summed E-state index contributed by atoms with van der Waals surface area (Å²) in [5.74, 6) is 1.98. The highest BCUT2D eigenvalue weighted by atomic mass is 19.4. The minimum atomic E-state index is -4.18. The molecule has 0 saturated heterocycles. The van der Waals surface area contributed by atoms with Gasteiger partial charge in [0.05, 0.1) is 12.5 Å². The maximum atomic E-state index is 11.5. The third-order valence-electron chi connectivity index (χ3n) is 0.985. The highest BCUT2D eigenvalue weighted by Crippen LogP contribution is 2.20. The molecule has 0 aliphatic heterocycles. The van der Waals surface area contributed by atoms with E-state index in [-0.39, 0.29) is 0 Å². The minimum absolute atomic E-state index is 0.903. The van der Waals surface area contributed by atoms with Crippen LogP contribution in [0, 0.1) is 12.3 Å². The molecule has 58 valence electrons. The molecule has 0 aromatic heterocycles. The summed E-state index contributed by atoms with van der Waals surface area (Å²) in [6, 6.07) is -0.903. The molecule has 1 N–H and O–H groups in total. The smallest absolute Gasteiger partial charge is 0.306 e. The average molecular weight is 151 g/mol. The number of nitrogens with one attached hydrogen (secondary N) is 1. The van der Waals surface area contributed by atoms with Gasteiger partial charge in [-0.05, 0) is 7.05 Å². The quantitative estimate of drug-likeness (QED) is 0.584. The fourth-order valence-corrected chi connectivity index (χ4v) is 0.476. The Balaban J connectivity index is 3.78. The molecule has 0 aliphatic rings. The van der Waals surface area contributed by atoms with Crippen molar-refractivity contribution in [3.8, 4) is 12.3 Å². The molecule has 0 rings (SSSR count). The highest BCUT2D eigenvalue weighted by Gasteiger charge is 2.30. The van der Waals surface area contributed by atoms with Crippen LogP contribution < -0.4 is 5.32 Å². The summed E-state index contributed by atoms with van der Waals surface area (Å²) in [6.07, 6.45) is -0.375. The molecule has 0 aliphatic carbocycles. The van der Waals surface area contributed by atoms with Crippen LogP contribution >= 0.6 is 0 Å². The first-order chi connectivity index (χ1) is 4.49. The zero-order valence-corrected chi connectivity index (χ0v) is 5.50. The molecule has 0 bridgehead atoms. The second-order valence-electron chi connectivity index (χ2n) is 1.83. The van der Waals surface area contributed by atoms with E-state index in [1.54, 1.807) is 0 Å². The summed E-state index contributed by atoms with van der Waals surface area (Å²) in [7, 11) is 1.40. The van der Waals surface area contributed by atoms with E-state index in [2.05, 4.69) is 5.32 Å². The van der Waals surface area contributed by atoms with Crippen molar-refractivity contribution >= 4 is 0 Å². The molecule has 10 heavy (non-hydrogen) atoms. The van der Waals surface area contributed by atoms with Crippen LogP contribution in [-0.4, -0.2) is 19.3 Å². The molecular formula is C6H8F3N. The lowest BCUT2D eigenvalue weighted by atomic mass is 10.2. The molecule has 0 amide bonds. The third kappa shape index (κ3) is 4.21. The number of halogens is 3. The molecule has 0 heterocycles. The molecule has 1 atom stereocenters. The lowest BCUT2D eigenvalue weighted by Crippen LogP contribution is -2.29. The largest absolute Gasteiger partial charge is 0.391 e. The summed E-state index contributed by atoms with van der Waals surface area (Å²) in [5, 5.41) is 2.35. The van der Waals surface area contributed by atoms with E-state index in [1.165, 1.54) is 7.05 Å². The lowest BCUT2D eigenvalue weighted by molar-refractivity contribution is -0.136. The van der Waals surface area contributed by atoms with Gasteiger partial charge in [-0.1, -0.05) is 5.92 Å². The van der Waals surface area contributed by atoms with Crippen LogP contribution in [0.15, 0.2) is 0 Å². The normalized spacial score (nSPS) is 14.3. The molecule has 0 aromatic carbocycles. The van der Waals surface area contributed by atoms with Crippen LogP contribution in [0.5, 0.6) is 0 Å². The fraction of sp³-hybridized carbons (Fsp3) is 0.667. The van der Waals surface area contributed by atoms with Gasteiger partial charge < -0.3 is 5.32 Å². The van der Waals surface area contributed by atoms with Gasteiger partial charge in [0, 0.05) is 0 Å². The van der Waals surface area contributed by atoms with Gasteiger partial charge in [0.2, 0.25) is 0 Å². The van der Waals surface area contributed by atoms with Crippen molar-refractivity contribution in [2.45, 2.75) is 18.6 Å². The number of hydrogen-bond donors (Lipinski definition) is 1. The summed E-state index contributed by atoms with van der Waals surface area (Å²) in [6.45, 7) is 0. The van der Waals surface area contributed by atoms with E-state index in [4.69, 9.17) is 6.42 Å². The fourth-order valence-electron chi connectivity index (χ4n) is 0.476. The van der Waals surface area contributed by atoms with Crippen molar-refractivity contribution in [1.29, 1.82) is 0 Å². The highest BCUT2D eigenvalue weighted by molar-refractivity contribution is 4.98. The second-order valence-corrected chi connectivity index (χ2v) is 1.83. The Morgan fingerprint density at radius 2 is 2.10 bits per heavy atom. The number of terminal acetylenes is 1. The van der Waals surface area contributed by atoms with Crippen LogP contribution in [0.4, 0.5) is 13.2 Å². The summed E-state index contributed by atoms with van der Waals surface area (Å²) in [4.78, 5) is 0. The van der Waals surface area contributed by atoms with Gasteiger partial charge in [0.15, 0.2) is 0 Å². The van der Waals surface area contributed by atoms with E-state index in [0.717, 1.165) is 0 Å². The molecule has 0 fully saturated rings. The zero-order valence-electron chi connectivity index (χ0n) is 5.50. The predicted octanol–water partition coefficient (Wildman–Crippen LogP) is 1.16. The monoisotopic (exact) mass is 151 g/mol. The topological polar surface area (TPSA) is 12.0 Å². The Morgan fingerprint density at radius 3 is 2.20 bits per heavy atom. The average Bonchev–Trinajstić information content (AvgIpc) is 1.81. The van der Waals surface area contributed by atoms with Gasteiger partial charge in [-0.25, -0.2) is 0 Å². The van der Waals surface area contributed by atoms with Gasteiger partial charge in [-0.2, -0.15) is 13.2 Å². The number of rotatable bonds is 2. The Bertz CT molecular complexity index is 133. The first-order valence-electron chi connectivity index (χ1n) is 2.69. The van der Waals surface area contributed by atoms with Gasteiger partial charge in [0.25, 0.3) is 0 Å². The lowest BCUT2D eigenvalue weighted by Gasteiger charge is -2.11. The predicted molar refractivity (Wildman–Crippen MR) is 32.4 cm³/mol. The van der Waals surface area contributed by atoms with Crippen molar-refractivity contribution in [3.63, 3.8) is 0 Å². The third-order valence-corrected chi connectivity index (χ3v) is 0.985. The maximum Gasteiger partial charge on any atom is 0.391 e. The second kappa shape index (κ2) is 3.47. The van der Waals surface area contributed by atoms with Gasteiger partial charge in [-0.15, -0.1) is 6.42 Å². The van der Waals surface area contributed by atoms with E-state index >= 15 is 0 Å². The Morgan fingerprint density at radius 1 is 1.60 bits per heavy atom. The molecular weight excluding hydrogens is 143 g/mol. The first kappa shape index (κ1) is 9.31. The maximum absolute atomic E-state index is 11.5. The van der Waals surface area contributed by atoms with Crippen LogP contribution in [0.2, 0.25) is 0 Å². The standard InChI is InChI=1S/C6H8F3N/c1-3-5(10-2)4-6(7,8)9/h1,5,10H,4H2,2H3. The first-order valence-corrected chi connectivity index (χ1v) is 2.69. The molecule has 1 nitrogen and oxygen atoms in total. The van der Waals surface area contributed by atoms with E-state index in [1.807, 2.05) is 5.92 Å². The van der Waals surface area contributed by atoms with Crippen molar-refractivity contribution < 1.29 is 13.2 Å². The Hall–Kier alpha value is -0.690. The van der Waals surface area contributed by atoms with Gasteiger partial charge in [0.1, 0.15) is 0 Å². The van der Waals surface area contributed by atoms with Crippen LogP contribution in [-0.2, 0) is 0 Å². The van der Waals surface area contributed by atoms with Gasteiger partial charge >= 0.3 is 6.18 Å². The van der Waals surface area contributed by atoms with E-state index in [0.29, 0.717) is 0 Å². The van der Waals surface area contributed by atoms with Gasteiger partial charge in [-0.3, -0.25) is 0 Å². The summed E-state index contributed by atoms with van der Waals surface area (Å²) in [5.41, 5.74) is 0. The van der Waals surface area contributed by atoms with Crippen molar-refractivity contribution in [1.82, 2.24) is 5.32 Å². The number of hydrogen-bond acceptors (Lipinski definition) is 1. The molecule has 0 saturated carbocycles. The number of alkyl halides is 3. The summed E-state index contributed by atoms with van der Waals surface area (Å²) < 4.78 is 34.6. The molecule has 4 heteroatoms.